The molecule has 2 nitrogen and oxygen atoms in total. The smallest absolute Gasteiger partial charge is 0.387 e. The maximum Gasteiger partial charge on any atom is 0.387 e. The van der Waals surface area contributed by atoms with Crippen LogP contribution in [-0.4, -0.2) is 13.2 Å². The molecule has 0 spiro atoms. The maximum atomic E-state index is 12.0. The minimum atomic E-state index is -2.93. The molecule has 2 rings (SSSR count). The summed E-state index contributed by atoms with van der Waals surface area (Å²) in [5, 5.41) is 1.18. The van der Waals surface area contributed by atoms with Crippen LogP contribution in [0.25, 0.3) is 10.8 Å². The van der Waals surface area contributed by atoms with Crippen LogP contribution in [0.3, 0.4) is 0 Å². The molecule has 2 aromatic carbocycles. The van der Waals surface area contributed by atoms with Gasteiger partial charge in [-0.3, -0.25) is 0 Å². The first-order valence-electron chi connectivity index (χ1n) is 4.98. The fourth-order valence-corrected chi connectivity index (χ4v) is 1.56. The first-order valence-corrected chi connectivity index (χ1v) is 4.98. The molecule has 0 N–H and O–H groups in total. The van der Waals surface area contributed by atoms with E-state index in [9.17, 15) is 17.6 Å². The maximum absolute atomic E-state index is 12.0. The van der Waals surface area contributed by atoms with E-state index in [-0.39, 0.29) is 11.5 Å². The highest BCUT2D eigenvalue weighted by Crippen LogP contribution is 2.26. The van der Waals surface area contributed by atoms with Crippen molar-refractivity contribution >= 4 is 10.8 Å². The number of ether oxygens (including phenoxy) is 2. The van der Waals surface area contributed by atoms with Crippen LogP contribution >= 0.6 is 0 Å². The molecule has 6 heteroatoms. The highest BCUT2D eigenvalue weighted by molar-refractivity contribution is 5.85. The molecule has 0 unspecified atom stereocenters. The summed E-state index contributed by atoms with van der Waals surface area (Å²) < 4.78 is 56.5. The van der Waals surface area contributed by atoms with Gasteiger partial charge in [-0.25, -0.2) is 0 Å². The molecule has 0 heterocycles. The Hall–Kier alpha value is -1.98. The zero-order chi connectivity index (χ0) is 13.1. The topological polar surface area (TPSA) is 18.5 Å². The van der Waals surface area contributed by atoms with Crippen molar-refractivity contribution in [1.82, 2.24) is 0 Å². The Morgan fingerprint density at radius 3 is 1.50 bits per heavy atom. The van der Waals surface area contributed by atoms with Crippen molar-refractivity contribution in [1.29, 1.82) is 0 Å². The van der Waals surface area contributed by atoms with Gasteiger partial charge in [-0.2, -0.15) is 17.6 Å². The quantitative estimate of drug-likeness (QED) is 0.772. The van der Waals surface area contributed by atoms with Crippen LogP contribution in [0, 0.1) is 0 Å². The van der Waals surface area contributed by atoms with Gasteiger partial charge in [0.25, 0.3) is 0 Å². The lowest BCUT2D eigenvalue weighted by atomic mass is 10.1. The van der Waals surface area contributed by atoms with Gasteiger partial charge < -0.3 is 9.47 Å². The molecule has 0 aliphatic rings. The number of fused-ring (bicyclic) bond motifs is 1. The molecule has 96 valence electrons. The van der Waals surface area contributed by atoms with E-state index in [4.69, 9.17) is 0 Å². The summed E-state index contributed by atoms with van der Waals surface area (Å²) >= 11 is 0. The monoisotopic (exact) mass is 260 g/mol. The molecule has 0 aliphatic carbocycles. The van der Waals surface area contributed by atoms with Gasteiger partial charge in [0.05, 0.1) is 0 Å². The Morgan fingerprint density at radius 2 is 1.11 bits per heavy atom. The average molecular weight is 260 g/mol. The SMILES string of the molecule is FC(F)Oc1ccc2ccc(OC(F)F)cc2c1. The number of hydrogen-bond donors (Lipinski definition) is 0. The minimum Gasteiger partial charge on any atom is -0.435 e. The highest BCUT2D eigenvalue weighted by atomic mass is 19.3. The third-order valence-corrected chi connectivity index (χ3v) is 2.23. The summed E-state index contributed by atoms with van der Waals surface area (Å²) in [6.45, 7) is -5.86. The number of halogens is 4. The number of hydrogen-bond acceptors (Lipinski definition) is 2. The third-order valence-electron chi connectivity index (χ3n) is 2.23. The Labute approximate surface area is 99.7 Å². The predicted molar refractivity (Wildman–Crippen MR) is 57.2 cm³/mol. The van der Waals surface area contributed by atoms with Crippen molar-refractivity contribution in [3.63, 3.8) is 0 Å². The molecule has 2 aromatic rings. The van der Waals surface area contributed by atoms with Gasteiger partial charge >= 0.3 is 13.2 Å². The molecule has 0 aliphatic heterocycles. The van der Waals surface area contributed by atoms with E-state index in [1.165, 1.54) is 24.3 Å². The molecule has 0 saturated carbocycles. The van der Waals surface area contributed by atoms with E-state index >= 15 is 0 Å². The van der Waals surface area contributed by atoms with Crippen LogP contribution in [0.2, 0.25) is 0 Å². The van der Waals surface area contributed by atoms with Crippen molar-refractivity contribution in [2.75, 3.05) is 0 Å². The van der Waals surface area contributed by atoms with Crippen LogP contribution in [-0.2, 0) is 0 Å². The van der Waals surface area contributed by atoms with Gasteiger partial charge in [0.2, 0.25) is 0 Å². The Bertz CT molecular complexity index is 498. The third kappa shape index (κ3) is 3.03. The Kier molecular flexibility index (Phi) is 3.55. The molecule has 0 aromatic heterocycles. The molecule has 18 heavy (non-hydrogen) atoms. The van der Waals surface area contributed by atoms with Gasteiger partial charge in [0.1, 0.15) is 11.5 Å². The van der Waals surface area contributed by atoms with Crippen LogP contribution in [0.1, 0.15) is 0 Å². The summed E-state index contributed by atoms with van der Waals surface area (Å²) in [6.07, 6.45) is 0. The van der Waals surface area contributed by atoms with Crippen LogP contribution in [0.5, 0.6) is 11.5 Å². The number of rotatable bonds is 4. The summed E-state index contributed by atoms with van der Waals surface area (Å²) in [7, 11) is 0. The Balaban J connectivity index is 2.33. The van der Waals surface area contributed by atoms with Crippen LogP contribution in [0.15, 0.2) is 36.4 Å². The number of benzene rings is 2. The Morgan fingerprint density at radius 1 is 0.667 bits per heavy atom. The van der Waals surface area contributed by atoms with E-state index in [0.717, 1.165) is 0 Å². The van der Waals surface area contributed by atoms with E-state index in [2.05, 4.69) is 9.47 Å². The summed E-state index contributed by atoms with van der Waals surface area (Å²) in [5.74, 6) is -0.0709. The number of alkyl halides is 4. The van der Waals surface area contributed by atoms with Crippen molar-refractivity contribution in [2.24, 2.45) is 0 Å². The second-order valence-electron chi connectivity index (χ2n) is 3.43. The fourth-order valence-electron chi connectivity index (χ4n) is 1.56. The molecular weight excluding hydrogens is 252 g/mol. The molecule has 0 atom stereocenters. The summed E-state index contributed by atoms with van der Waals surface area (Å²) in [5.41, 5.74) is 0. The summed E-state index contributed by atoms with van der Waals surface area (Å²) in [6, 6.07) is 8.53. The first-order chi connectivity index (χ1) is 8.54. The average Bonchev–Trinajstić information content (AvgIpc) is 2.26. The predicted octanol–water partition coefficient (Wildman–Crippen LogP) is 4.04. The van der Waals surface area contributed by atoms with Crippen molar-refractivity contribution < 1.29 is 27.0 Å². The standard InChI is InChI=1S/C12H8F4O2/c13-11(14)17-9-3-1-7-2-4-10(18-12(15)16)6-8(7)5-9/h1-6,11-12H. The van der Waals surface area contributed by atoms with E-state index < -0.39 is 13.2 Å². The molecule has 0 fully saturated rings. The molecule has 0 radical (unpaired) electrons. The fraction of sp³-hybridized carbons (Fsp3) is 0.167. The lowest BCUT2D eigenvalue weighted by Crippen LogP contribution is -2.02. The van der Waals surface area contributed by atoms with Crippen LogP contribution in [0.4, 0.5) is 17.6 Å². The molecular formula is C12H8F4O2. The first kappa shape index (κ1) is 12.5. The van der Waals surface area contributed by atoms with Crippen molar-refractivity contribution in [2.45, 2.75) is 13.2 Å². The largest absolute Gasteiger partial charge is 0.435 e. The lowest BCUT2D eigenvalue weighted by molar-refractivity contribution is -0.0501. The van der Waals surface area contributed by atoms with Gasteiger partial charge in [-0.05, 0) is 35.0 Å². The van der Waals surface area contributed by atoms with E-state index in [1.807, 2.05) is 0 Å². The van der Waals surface area contributed by atoms with Gasteiger partial charge in [0.15, 0.2) is 0 Å². The second-order valence-corrected chi connectivity index (χ2v) is 3.43. The highest BCUT2D eigenvalue weighted by Gasteiger charge is 2.07. The van der Waals surface area contributed by atoms with Crippen molar-refractivity contribution in [3.8, 4) is 11.5 Å². The summed E-state index contributed by atoms with van der Waals surface area (Å²) in [4.78, 5) is 0. The molecule has 0 amide bonds. The van der Waals surface area contributed by atoms with Crippen molar-refractivity contribution in [3.05, 3.63) is 36.4 Å². The van der Waals surface area contributed by atoms with E-state index in [0.29, 0.717) is 10.8 Å². The minimum absolute atomic E-state index is 0.0355. The van der Waals surface area contributed by atoms with Crippen LogP contribution < -0.4 is 9.47 Å². The van der Waals surface area contributed by atoms with Gasteiger partial charge in [-0.15, -0.1) is 0 Å². The lowest BCUT2D eigenvalue weighted by Gasteiger charge is -2.08. The normalized spacial score (nSPS) is 11.2. The molecule has 0 saturated heterocycles. The zero-order valence-corrected chi connectivity index (χ0v) is 8.95. The zero-order valence-electron chi connectivity index (χ0n) is 8.95. The van der Waals surface area contributed by atoms with Gasteiger partial charge in [-0.1, -0.05) is 12.1 Å². The second kappa shape index (κ2) is 5.12. The van der Waals surface area contributed by atoms with E-state index in [1.54, 1.807) is 12.1 Å². The molecule has 0 bridgehead atoms. The van der Waals surface area contributed by atoms with Gasteiger partial charge in [0, 0.05) is 0 Å².